The molecule has 0 aliphatic carbocycles. The van der Waals surface area contributed by atoms with Crippen LogP contribution >= 0.6 is 0 Å². The van der Waals surface area contributed by atoms with Crippen LogP contribution < -0.4 is 5.32 Å². The van der Waals surface area contributed by atoms with Crippen molar-refractivity contribution in [2.45, 2.75) is 0 Å². The fourth-order valence-electron chi connectivity index (χ4n) is 2.20. The molecule has 3 aromatic rings. The number of amides is 1. The third-order valence-electron chi connectivity index (χ3n) is 3.43. The lowest BCUT2D eigenvalue weighted by molar-refractivity contribution is 0.102. The summed E-state index contributed by atoms with van der Waals surface area (Å²) in [4.78, 5) is 16.9. The average Bonchev–Trinajstić information content (AvgIpc) is 2.62. The Morgan fingerprint density at radius 3 is 2.29 bits per heavy atom. The first-order chi connectivity index (χ1) is 11.7. The molecule has 0 saturated heterocycles. The minimum Gasteiger partial charge on any atom is -0.508 e. The predicted molar refractivity (Wildman–Crippen MR) is 96.2 cm³/mol. The van der Waals surface area contributed by atoms with E-state index in [-0.39, 0.29) is 11.7 Å². The number of phenols is 1. The van der Waals surface area contributed by atoms with E-state index in [2.05, 4.69) is 10.3 Å². The van der Waals surface area contributed by atoms with Gasteiger partial charge in [-0.1, -0.05) is 30.3 Å². The van der Waals surface area contributed by atoms with Crippen molar-refractivity contribution in [3.05, 3.63) is 90.0 Å². The summed E-state index contributed by atoms with van der Waals surface area (Å²) in [7, 11) is 0. The van der Waals surface area contributed by atoms with E-state index in [4.69, 9.17) is 0 Å². The summed E-state index contributed by atoms with van der Waals surface area (Å²) in [5.74, 6) is -0.00514. The second kappa shape index (κ2) is 7.24. The molecule has 0 saturated carbocycles. The van der Waals surface area contributed by atoms with Gasteiger partial charge in [0.2, 0.25) is 0 Å². The minimum atomic E-state index is -0.209. The zero-order chi connectivity index (χ0) is 16.8. The van der Waals surface area contributed by atoms with Gasteiger partial charge in [0.25, 0.3) is 5.91 Å². The first-order valence-corrected chi connectivity index (χ1v) is 7.51. The highest BCUT2D eigenvalue weighted by molar-refractivity contribution is 6.08. The molecule has 3 rings (SSSR count). The number of anilines is 1. The number of carbonyl (C=O) groups is 1. The van der Waals surface area contributed by atoms with E-state index in [9.17, 15) is 9.90 Å². The number of nitrogens with one attached hydrogen (secondary N) is 1. The molecule has 0 aliphatic rings. The lowest BCUT2D eigenvalue weighted by Crippen LogP contribution is -2.11. The van der Waals surface area contributed by atoms with Crippen LogP contribution in [0.15, 0.2) is 83.9 Å². The number of hydrogen-bond donors (Lipinski definition) is 2. The number of nitrogens with zero attached hydrogens (tertiary/aromatic N) is 1. The van der Waals surface area contributed by atoms with Crippen LogP contribution in [0.25, 0.3) is 0 Å². The molecule has 1 amide bonds. The maximum atomic E-state index is 12.5. The Hall–Kier alpha value is -3.40. The van der Waals surface area contributed by atoms with Gasteiger partial charge >= 0.3 is 0 Å². The Balaban J connectivity index is 1.82. The topological polar surface area (TPSA) is 61.7 Å². The number of aromatic hydroxyl groups is 1. The lowest BCUT2D eigenvalue weighted by Gasteiger charge is -2.07. The Morgan fingerprint density at radius 2 is 1.54 bits per heavy atom. The van der Waals surface area contributed by atoms with E-state index < -0.39 is 0 Å². The zero-order valence-corrected chi connectivity index (χ0v) is 12.9. The van der Waals surface area contributed by atoms with Crippen molar-refractivity contribution in [3.63, 3.8) is 0 Å². The van der Waals surface area contributed by atoms with Crippen molar-refractivity contribution in [3.8, 4) is 5.75 Å². The monoisotopic (exact) mass is 316 g/mol. The van der Waals surface area contributed by atoms with E-state index >= 15 is 0 Å². The molecule has 0 fully saturated rings. The van der Waals surface area contributed by atoms with Crippen molar-refractivity contribution in [1.82, 2.24) is 0 Å². The van der Waals surface area contributed by atoms with Crippen LogP contribution in [0, 0.1) is 0 Å². The highest BCUT2D eigenvalue weighted by Gasteiger charge is 2.10. The molecule has 2 N–H and O–H groups in total. The molecule has 0 atom stereocenters. The highest BCUT2D eigenvalue weighted by atomic mass is 16.3. The van der Waals surface area contributed by atoms with Gasteiger partial charge < -0.3 is 10.4 Å². The fraction of sp³-hybridized carbons (Fsp3) is 0. The van der Waals surface area contributed by atoms with Crippen molar-refractivity contribution in [1.29, 1.82) is 0 Å². The van der Waals surface area contributed by atoms with E-state index in [1.807, 2.05) is 36.4 Å². The van der Waals surface area contributed by atoms with Crippen molar-refractivity contribution in [2.24, 2.45) is 4.99 Å². The number of rotatable bonds is 4. The first kappa shape index (κ1) is 15.5. The molecule has 0 spiro atoms. The summed E-state index contributed by atoms with van der Waals surface area (Å²) in [6, 6.07) is 23.2. The molecule has 0 aliphatic heterocycles. The third-order valence-corrected chi connectivity index (χ3v) is 3.43. The summed E-state index contributed by atoms with van der Waals surface area (Å²) in [5.41, 5.74) is 2.65. The van der Waals surface area contributed by atoms with E-state index in [0.29, 0.717) is 11.3 Å². The summed E-state index contributed by atoms with van der Waals surface area (Å²) in [5, 5.41) is 12.2. The molecule has 0 radical (unpaired) electrons. The molecule has 118 valence electrons. The maximum Gasteiger partial charge on any atom is 0.257 e. The molecular formula is C20H16N2O2. The van der Waals surface area contributed by atoms with Gasteiger partial charge in [-0.25, -0.2) is 0 Å². The van der Waals surface area contributed by atoms with Gasteiger partial charge in [-0.05, 0) is 54.1 Å². The van der Waals surface area contributed by atoms with Crippen molar-refractivity contribution in [2.75, 3.05) is 5.32 Å². The van der Waals surface area contributed by atoms with Crippen LogP contribution in [0.1, 0.15) is 15.9 Å². The molecule has 0 heterocycles. The van der Waals surface area contributed by atoms with Crippen LogP contribution in [0.3, 0.4) is 0 Å². The number of carbonyl (C=O) groups excluding carboxylic acids is 1. The zero-order valence-electron chi connectivity index (χ0n) is 12.9. The summed E-state index contributed by atoms with van der Waals surface area (Å²) >= 11 is 0. The molecule has 24 heavy (non-hydrogen) atoms. The molecule has 0 unspecified atom stereocenters. The molecular weight excluding hydrogens is 300 g/mol. The van der Waals surface area contributed by atoms with E-state index in [1.54, 1.807) is 48.7 Å². The number of phenolic OH excluding ortho intramolecular Hbond substituents is 1. The quantitative estimate of drug-likeness (QED) is 0.701. The Bertz CT molecular complexity index is 856. The predicted octanol–water partition coefficient (Wildman–Crippen LogP) is 4.40. The number of aliphatic imine (C=N–C) groups is 1. The third kappa shape index (κ3) is 3.87. The van der Waals surface area contributed by atoms with Crippen LogP contribution in [0.4, 0.5) is 11.4 Å². The van der Waals surface area contributed by atoms with Gasteiger partial charge in [-0.2, -0.15) is 0 Å². The van der Waals surface area contributed by atoms with Crippen molar-refractivity contribution < 1.29 is 9.90 Å². The Kier molecular flexibility index (Phi) is 4.68. The molecule has 3 aromatic carbocycles. The lowest BCUT2D eigenvalue weighted by atomic mass is 10.1. The molecule has 0 bridgehead atoms. The van der Waals surface area contributed by atoms with Gasteiger partial charge in [0.1, 0.15) is 5.75 Å². The Morgan fingerprint density at radius 1 is 0.875 bits per heavy atom. The smallest absolute Gasteiger partial charge is 0.257 e. The largest absolute Gasteiger partial charge is 0.508 e. The van der Waals surface area contributed by atoms with Crippen LogP contribution in [-0.2, 0) is 0 Å². The fourth-order valence-corrected chi connectivity index (χ4v) is 2.20. The highest BCUT2D eigenvalue weighted by Crippen LogP contribution is 2.20. The summed E-state index contributed by atoms with van der Waals surface area (Å²) < 4.78 is 0. The number of benzene rings is 3. The van der Waals surface area contributed by atoms with Gasteiger partial charge in [-0.15, -0.1) is 0 Å². The molecule has 0 aromatic heterocycles. The van der Waals surface area contributed by atoms with Crippen LogP contribution in [0.5, 0.6) is 5.75 Å². The van der Waals surface area contributed by atoms with Gasteiger partial charge in [0.15, 0.2) is 0 Å². The molecule has 4 nitrogen and oxygen atoms in total. The van der Waals surface area contributed by atoms with Gasteiger partial charge in [0, 0.05) is 11.9 Å². The number of hydrogen-bond acceptors (Lipinski definition) is 3. The first-order valence-electron chi connectivity index (χ1n) is 7.51. The minimum absolute atomic E-state index is 0.204. The number of para-hydroxylation sites is 2. The maximum absolute atomic E-state index is 12.5. The second-order valence-electron chi connectivity index (χ2n) is 5.19. The Labute approximate surface area is 140 Å². The van der Waals surface area contributed by atoms with E-state index in [0.717, 1.165) is 11.3 Å². The van der Waals surface area contributed by atoms with Gasteiger partial charge in [0.05, 0.1) is 11.3 Å². The van der Waals surface area contributed by atoms with Gasteiger partial charge in [-0.3, -0.25) is 9.79 Å². The van der Waals surface area contributed by atoms with Crippen molar-refractivity contribution >= 4 is 23.5 Å². The molecule has 4 heteroatoms. The van der Waals surface area contributed by atoms with Crippen LogP contribution in [-0.4, -0.2) is 17.2 Å². The SMILES string of the molecule is O=C(Nc1ccccc1)c1ccccc1N=Cc1ccc(O)cc1. The second-order valence-corrected chi connectivity index (χ2v) is 5.19. The standard InChI is InChI=1S/C20H16N2O2/c23-17-12-10-15(11-13-17)14-21-19-9-5-4-8-18(19)20(24)22-16-6-2-1-3-7-16/h1-14,23H,(H,22,24). The normalized spacial score (nSPS) is 10.7. The average molecular weight is 316 g/mol. The van der Waals surface area contributed by atoms with E-state index in [1.165, 1.54) is 0 Å². The summed E-state index contributed by atoms with van der Waals surface area (Å²) in [6.45, 7) is 0. The summed E-state index contributed by atoms with van der Waals surface area (Å²) in [6.07, 6.45) is 1.66. The van der Waals surface area contributed by atoms with Crippen LogP contribution in [0.2, 0.25) is 0 Å².